The van der Waals surface area contributed by atoms with Crippen molar-refractivity contribution >= 4 is 40.4 Å². The summed E-state index contributed by atoms with van der Waals surface area (Å²) < 4.78 is 12.4. The first-order valence-corrected chi connectivity index (χ1v) is 9.61. The lowest BCUT2D eigenvalue weighted by molar-refractivity contribution is 0.159. The maximum Gasteiger partial charge on any atom is 0.200 e. The molecule has 0 spiro atoms. The molecule has 2 heterocycles. The van der Waals surface area contributed by atoms with Crippen LogP contribution in [0.1, 0.15) is 25.0 Å². The van der Waals surface area contributed by atoms with Gasteiger partial charge in [0.15, 0.2) is 0 Å². The van der Waals surface area contributed by atoms with Crippen LogP contribution in [-0.4, -0.2) is 37.7 Å². The average molecular weight is 415 g/mol. The SMILES string of the molecule is CN(C)CCNCc1cc2c(c3oc4ccccc4c(=O)c13)C=CC(C)(C)O2.Cl. The normalized spacial score (nSPS) is 14.7. The molecule has 0 aliphatic carbocycles. The fraction of sp³-hybridized carbons (Fsp3) is 0.348. The molecule has 1 aliphatic rings. The first kappa shape index (κ1) is 21.4. The summed E-state index contributed by atoms with van der Waals surface area (Å²) in [6, 6.07) is 9.38. The van der Waals surface area contributed by atoms with Crippen LogP contribution in [0.25, 0.3) is 28.0 Å². The highest BCUT2D eigenvalue weighted by atomic mass is 35.5. The molecule has 154 valence electrons. The molecule has 29 heavy (non-hydrogen) atoms. The van der Waals surface area contributed by atoms with E-state index in [1.54, 1.807) is 0 Å². The average Bonchev–Trinajstić information content (AvgIpc) is 2.64. The summed E-state index contributed by atoms with van der Waals surface area (Å²) in [6.45, 7) is 6.36. The monoisotopic (exact) mass is 414 g/mol. The van der Waals surface area contributed by atoms with Crippen LogP contribution in [0.4, 0.5) is 0 Å². The summed E-state index contributed by atoms with van der Waals surface area (Å²) in [7, 11) is 4.08. The van der Waals surface area contributed by atoms with Gasteiger partial charge in [-0.05, 0) is 63.9 Å². The smallest absolute Gasteiger partial charge is 0.200 e. The molecule has 0 radical (unpaired) electrons. The van der Waals surface area contributed by atoms with E-state index in [-0.39, 0.29) is 17.8 Å². The molecule has 3 aromatic rings. The maximum atomic E-state index is 13.3. The molecule has 0 bridgehead atoms. The van der Waals surface area contributed by atoms with E-state index >= 15 is 0 Å². The number of nitrogens with one attached hydrogen (secondary N) is 1. The fourth-order valence-corrected chi connectivity index (χ4v) is 3.55. The molecule has 2 aromatic carbocycles. The first-order valence-electron chi connectivity index (χ1n) is 9.61. The number of likely N-dealkylation sites (N-methyl/N-ethyl adjacent to an activating group) is 1. The van der Waals surface area contributed by atoms with E-state index in [0.29, 0.717) is 28.5 Å². The van der Waals surface area contributed by atoms with Crippen molar-refractivity contribution in [3.63, 3.8) is 0 Å². The molecule has 0 atom stereocenters. The van der Waals surface area contributed by atoms with Gasteiger partial charge in [-0.3, -0.25) is 4.79 Å². The van der Waals surface area contributed by atoms with Gasteiger partial charge in [-0.15, -0.1) is 12.4 Å². The molecule has 6 heteroatoms. The first-order chi connectivity index (χ1) is 13.4. The molecule has 1 aliphatic heterocycles. The third kappa shape index (κ3) is 4.17. The minimum absolute atomic E-state index is 0. The number of para-hydroxylation sites is 1. The number of halogens is 1. The Morgan fingerprint density at radius 1 is 1.17 bits per heavy atom. The van der Waals surface area contributed by atoms with Gasteiger partial charge < -0.3 is 19.4 Å². The van der Waals surface area contributed by atoms with Crippen molar-refractivity contribution in [3.8, 4) is 5.75 Å². The van der Waals surface area contributed by atoms with Crippen molar-refractivity contribution in [2.75, 3.05) is 27.2 Å². The number of rotatable bonds is 5. The molecule has 0 fully saturated rings. The van der Waals surface area contributed by atoms with Crippen molar-refractivity contribution < 1.29 is 9.15 Å². The maximum absolute atomic E-state index is 13.3. The predicted molar refractivity (Wildman–Crippen MR) is 121 cm³/mol. The van der Waals surface area contributed by atoms with Gasteiger partial charge >= 0.3 is 0 Å². The van der Waals surface area contributed by atoms with Crippen LogP contribution in [0.15, 0.2) is 45.6 Å². The molecule has 0 amide bonds. The fourth-order valence-electron chi connectivity index (χ4n) is 3.55. The molecule has 1 N–H and O–H groups in total. The van der Waals surface area contributed by atoms with Crippen molar-refractivity contribution in [3.05, 3.63) is 57.8 Å². The van der Waals surface area contributed by atoms with Gasteiger partial charge in [0.05, 0.1) is 16.3 Å². The Labute approximate surface area is 176 Å². The van der Waals surface area contributed by atoms with E-state index in [1.165, 1.54) is 0 Å². The lowest BCUT2D eigenvalue weighted by Gasteiger charge is -2.28. The minimum Gasteiger partial charge on any atom is -0.483 e. The molecule has 1 aromatic heterocycles. The Hall–Kier alpha value is -2.34. The van der Waals surface area contributed by atoms with Gasteiger partial charge in [-0.1, -0.05) is 12.1 Å². The van der Waals surface area contributed by atoms with Gasteiger partial charge in [0.2, 0.25) is 5.43 Å². The van der Waals surface area contributed by atoms with Crippen molar-refractivity contribution in [2.45, 2.75) is 26.0 Å². The third-order valence-corrected chi connectivity index (χ3v) is 5.01. The van der Waals surface area contributed by atoms with Crippen LogP contribution in [-0.2, 0) is 6.54 Å². The summed E-state index contributed by atoms with van der Waals surface area (Å²) in [5, 5.41) is 4.66. The van der Waals surface area contributed by atoms with E-state index in [4.69, 9.17) is 9.15 Å². The molecule has 0 saturated heterocycles. The number of ether oxygens (including phenoxy) is 1. The van der Waals surface area contributed by atoms with Crippen LogP contribution in [0.3, 0.4) is 0 Å². The molecular weight excluding hydrogens is 388 g/mol. The van der Waals surface area contributed by atoms with Gasteiger partial charge in [0.25, 0.3) is 0 Å². The molecule has 4 rings (SSSR count). The molecule has 5 nitrogen and oxygen atoms in total. The van der Waals surface area contributed by atoms with Crippen molar-refractivity contribution in [1.82, 2.24) is 10.2 Å². The predicted octanol–water partition coefficient (Wildman–Crippen LogP) is 4.20. The van der Waals surface area contributed by atoms with E-state index in [1.807, 2.05) is 70.4 Å². The van der Waals surface area contributed by atoms with E-state index in [2.05, 4.69) is 10.2 Å². The van der Waals surface area contributed by atoms with Crippen LogP contribution >= 0.6 is 12.4 Å². The Morgan fingerprint density at radius 3 is 2.69 bits per heavy atom. The third-order valence-electron chi connectivity index (χ3n) is 5.01. The quantitative estimate of drug-likeness (QED) is 0.500. The second kappa shape index (κ2) is 8.19. The Morgan fingerprint density at radius 2 is 1.93 bits per heavy atom. The zero-order chi connectivity index (χ0) is 19.9. The highest BCUT2D eigenvalue weighted by Crippen LogP contribution is 2.38. The lowest BCUT2D eigenvalue weighted by atomic mass is 9.97. The van der Waals surface area contributed by atoms with Crippen molar-refractivity contribution in [2.24, 2.45) is 0 Å². The Bertz CT molecular complexity index is 1130. The lowest BCUT2D eigenvalue weighted by Crippen LogP contribution is -2.29. The number of hydrogen-bond acceptors (Lipinski definition) is 5. The van der Waals surface area contributed by atoms with Crippen LogP contribution < -0.4 is 15.5 Å². The van der Waals surface area contributed by atoms with Gasteiger partial charge in [-0.25, -0.2) is 0 Å². The highest BCUT2D eigenvalue weighted by molar-refractivity contribution is 5.97. The summed E-state index contributed by atoms with van der Waals surface area (Å²) in [5.41, 5.74) is 2.53. The zero-order valence-electron chi connectivity index (χ0n) is 17.2. The second-order valence-electron chi connectivity index (χ2n) is 8.10. The zero-order valence-corrected chi connectivity index (χ0v) is 18.1. The number of nitrogens with zero attached hydrogens (tertiary/aromatic N) is 1. The topological polar surface area (TPSA) is 54.7 Å². The van der Waals surface area contributed by atoms with Crippen LogP contribution in [0.2, 0.25) is 0 Å². The highest BCUT2D eigenvalue weighted by Gasteiger charge is 2.26. The molecule has 0 unspecified atom stereocenters. The number of benzene rings is 2. The second-order valence-corrected chi connectivity index (χ2v) is 8.10. The summed E-state index contributed by atoms with van der Waals surface area (Å²) >= 11 is 0. The van der Waals surface area contributed by atoms with Crippen molar-refractivity contribution in [1.29, 1.82) is 0 Å². The summed E-state index contributed by atoms with van der Waals surface area (Å²) in [6.07, 6.45) is 4.00. The largest absolute Gasteiger partial charge is 0.483 e. The molecule has 0 saturated carbocycles. The number of hydrogen-bond donors (Lipinski definition) is 1. The van der Waals surface area contributed by atoms with Gasteiger partial charge in [0, 0.05) is 19.6 Å². The minimum atomic E-state index is -0.395. The Balaban J connectivity index is 0.00000240. The van der Waals surface area contributed by atoms with Gasteiger partial charge in [0.1, 0.15) is 22.5 Å². The van der Waals surface area contributed by atoms with E-state index in [0.717, 1.165) is 30.0 Å². The van der Waals surface area contributed by atoms with E-state index < -0.39 is 5.60 Å². The van der Waals surface area contributed by atoms with Crippen LogP contribution in [0, 0.1) is 0 Å². The Kier molecular flexibility index (Phi) is 6.03. The van der Waals surface area contributed by atoms with Gasteiger partial charge in [-0.2, -0.15) is 0 Å². The van der Waals surface area contributed by atoms with Crippen LogP contribution in [0.5, 0.6) is 5.75 Å². The van der Waals surface area contributed by atoms with E-state index in [9.17, 15) is 4.79 Å². The number of fused-ring (bicyclic) bond motifs is 4. The summed E-state index contributed by atoms with van der Waals surface area (Å²) in [4.78, 5) is 15.4. The summed E-state index contributed by atoms with van der Waals surface area (Å²) in [5.74, 6) is 0.753. The molecular formula is C23H27ClN2O3. The standard InChI is InChI=1S/C23H26N2O3.ClH/c1-23(2)10-9-17-19(28-23)13-15(14-24-11-12-25(3)4)20-21(26)16-7-5-6-8-18(16)27-22(17)20;/h5-10,13,24H,11-12,14H2,1-4H3;1H.